The number of hydrogen-bond acceptors (Lipinski definition) is 1. The number of benzene rings is 2. The highest BCUT2D eigenvalue weighted by molar-refractivity contribution is 5.77. The molecule has 0 bridgehead atoms. The van der Waals surface area contributed by atoms with E-state index in [1.165, 1.54) is 12.1 Å². The molecule has 0 aromatic heterocycles. The molecule has 20 heavy (non-hydrogen) atoms. The number of aliphatic carboxylic acids is 1. The van der Waals surface area contributed by atoms with E-state index in [0.29, 0.717) is 6.42 Å². The van der Waals surface area contributed by atoms with Crippen LogP contribution in [0.25, 0.3) is 0 Å². The first-order valence-electron chi connectivity index (χ1n) is 6.52. The molecule has 3 heteroatoms. The number of aryl methyl sites for hydroxylation is 2. The minimum absolute atomic E-state index is 0.297. The van der Waals surface area contributed by atoms with Gasteiger partial charge < -0.3 is 5.11 Å². The maximum Gasteiger partial charge on any atom is 0.311 e. The standard InChI is InChI=1S/C17H17FO2/c1-11-5-3-4-6-15(11)16(17(19)20)10-13-7-8-14(18)9-12(13)2/h3-9,16H,10H2,1-2H3,(H,19,20). The topological polar surface area (TPSA) is 37.3 Å². The fraction of sp³-hybridized carbons (Fsp3) is 0.235. The van der Waals surface area contributed by atoms with E-state index < -0.39 is 11.9 Å². The first-order valence-corrected chi connectivity index (χ1v) is 6.52. The van der Waals surface area contributed by atoms with Crippen molar-refractivity contribution in [3.8, 4) is 0 Å². The second-order valence-corrected chi connectivity index (χ2v) is 5.02. The van der Waals surface area contributed by atoms with Gasteiger partial charge in [-0.2, -0.15) is 0 Å². The molecule has 0 amide bonds. The quantitative estimate of drug-likeness (QED) is 0.917. The first-order chi connectivity index (χ1) is 9.49. The fourth-order valence-electron chi connectivity index (χ4n) is 2.42. The van der Waals surface area contributed by atoms with Crippen LogP contribution in [0.5, 0.6) is 0 Å². The molecule has 2 nitrogen and oxygen atoms in total. The van der Waals surface area contributed by atoms with Crippen LogP contribution in [0.15, 0.2) is 42.5 Å². The van der Waals surface area contributed by atoms with Crippen molar-refractivity contribution in [1.82, 2.24) is 0 Å². The van der Waals surface area contributed by atoms with Gasteiger partial charge in [-0.3, -0.25) is 4.79 Å². The summed E-state index contributed by atoms with van der Waals surface area (Å²) in [6.07, 6.45) is 0.367. The van der Waals surface area contributed by atoms with Crippen LogP contribution < -0.4 is 0 Å². The fourth-order valence-corrected chi connectivity index (χ4v) is 2.42. The van der Waals surface area contributed by atoms with Crippen molar-refractivity contribution in [3.05, 3.63) is 70.5 Å². The summed E-state index contributed by atoms with van der Waals surface area (Å²) in [6, 6.07) is 12.0. The number of carboxylic acid groups (broad SMARTS) is 1. The number of hydrogen-bond donors (Lipinski definition) is 1. The molecule has 2 aromatic carbocycles. The van der Waals surface area contributed by atoms with Gasteiger partial charge in [0, 0.05) is 0 Å². The summed E-state index contributed by atoms with van der Waals surface area (Å²) in [5.74, 6) is -1.77. The van der Waals surface area contributed by atoms with Gasteiger partial charge in [0.25, 0.3) is 0 Å². The van der Waals surface area contributed by atoms with Gasteiger partial charge in [-0.15, -0.1) is 0 Å². The average molecular weight is 272 g/mol. The maximum atomic E-state index is 13.1. The highest BCUT2D eigenvalue weighted by Gasteiger charge is 2.22. The third kappa shape index (κ3) is 3.05. The lowest BCUT2D eigenvalue weighted by molar-refractivity contribution is -0.138. The zero-order chi connectivity index (χ0) is 14.7. The van der Waals surface area contributed by atoms with Crippen molar-refractivity contribution in [1.29, 1.82) is 0 Å². The third-order valence-electron chi connectivity index (χ3n) is 3.59. The summed E-state index contributed by atoms with van der Waals surface area (Å²) >= 11 is 0. The van der Waals surface area contributed by atoms with Crippen LogP contribution in [0.2, 0.25) is 0 Å². The van der Waals surface area contributed by atoms with Crippen molar-refractivity contribution in [2.45, 2.75) is 26.2 Å². The molecule has 2 rings (SSSR count). The van der Waals surface area contributed by atoms with Crippen LogP contribution in [-0.4, -0.2) is 11.1 Å². The predicted octanol–water partition coefficient (Wildman–Crippen LogP) is 3.85. The van der Waals surface area contributed by atoms with Crippen molar-refractivity contribution < 1.29 is 14.3 Å². The normalized spacial score (nSPS) is 12.2. The average Bonchev–Trinajstić information content (AvgIpc) is 2.39. The molecule has 2 aromatic rings. The number of carbonyl (C=O) groups is 1. The largest absolute Gasteiger partial charge is 0.481 e. The van der Waals surface area contributed by atoms with Crippen molar-refractivity contribution >= 4 is 5.97 Å². The van der Waals surface area contributed by atoms with Crippen molar-refractivity contribution in [2.24, 2.45) is 0 Å². The summed E-state index contributed by atoms with van der Waals surface area (Å²) in [5.41, 5.74) is 3.41. The Balaban J connectivity index is 2.36. The third-order valence-corrected chi connectivity index (χ3v) is 3.59. The zero-order valence-corrected chi connectivity index (χ0v) is 11.6. The lowest BCUT2D eigenvalue weighted by Gasteiger charge is -2.16. The van der Waals surface area contributed by atoms with Gasteiger partial charge in [-0.05, 0) is 54.7 Å². The van der Waals surface area contributed by atoms with Crippen LogP contribution in [0, 0.1) is 19.7 Å². The Labute approximate surface area is 117 Å². The van der Waals surface area contributed by atoms with E-state index in [1.807, 2.05) is 31.2 Å². The van der Waals surface area contributed by atoms with Gasteiger partial charge in [-0.1, -0.05) is 30.3 Å². The monoisotopic (exact) mass is 272 g/mol. The number of halogens is 1. The van der Waals surface area contributed by atoms with E-state index in [9.17, 15) is 14.3 Å². The smallest absolute Gasteiger partial charge is 0.311 e. The molecule has 0 radical (unpaired) electrons. The molecule has 104 valence electrons. The second-order valence-electron chi connectivity index (χ2n) is 5.02. The van der Waals surface area contributed by atoms with E-state index in [4.69, 9.17) is 0 Å². The highest BCUT2D eigenvalue weighted by Crippen LogP contribution is 2.26. The van der Waals surface area contributed by atoms with Crippen LogP contribution in [-0.2, 0) is 11.2 Å². The maximum absolute atomic E-state index is 13.1. The van der Waals surface area contributed by atoms with Gasteiger partial charge in [-0.25, -0.2) is 4.39 Å². The SMILES string of the molecule is Cc1cc(F)ccc1CC(C(=O)O)c1ccccc1C. The second kappa shape index (κ2) is 5.87. The lowest BCUT2D eigenvalue weighted by Crippen LogP contribution is -2.16. The first kappa shape index (κ1) is 14.3. The summed E-state index contributed by atoms with van der Waals surface area (Å²) in [5, 5.41) is 9.48. The molecule has 0 aliphatic carbocycles. The summed E-state index contributed by atoms with van der Waals surface area (Å²) in [7, 11) is 0. The van der Waals surface area contributed by atoms with Gasteiger partial charge >= 0.3 is 5.97 Å². The van der Waals surface area contributed by atoms with E-state index in [1.54, 1.807) is 13.0 Å². The molecule has 1 atom stereocenters. The van der Waals surface area contributed by atoms with Crippen LogP contribution in [0.3, 0.4) is 0 Å². The van der Waals surface area contributed by atoms with Crippen molar-refractivity contribution in [2.75, 3.05) is 0 Å². The molecule has 1 N–H and O–H groups in total. The van der Waals surface area contributed by atoms with E-state index >= 15 is 0 Å². The van der Waals surface area contributed by atoms with Gasteiger partial charge in [0.2, 0.25) is 0 Å². The van der Waals surface area contributed by atoms with Crippen LogP contribution in [0.4, 0.5) is 4.39 Å². The molecular formula is C17H17FO2. The number of rotatable bonds is 4. The minimum Gasteiger partial charge on any atom is -0.481 e. The van der Waals surface area contributed by atoms with E-state index in [0.717, 1.165) is 22.3 Å². The Morgan fingerprint density at radius 3 is 2.45 bits per heavy atom. The molecule has 0 heterocycles. The van der Waals surface area contributed by atoms with Gasteiger partial charge in [0.15, 0.2) is 0 Å². The minimum atomic E-state index is -0.858. The Morgan fingerprint density at radius 2 is 1.85 bits per heavy atom. The summed E-state index contributed by atoms with van der Waals surface area (Å²) in [6.45, 7) is 3.71. The molecule has 0 fully saturated rings. The molecule has 1 unspecified atom stereocenters. The zero-order valence-electron chi connectivity index (χ0n) is 11.6. The van der Waals surface area contributed by atoms with Crippen LogP contribution in [0.1, 0.15) is 28.2 Å². The molecule has 0 aliphatic rings. The van der Waals surface area contributed by atoms with Crippen LogP contribution >= 0.6 is 0 Å². The molecule has 0 saturated heterocycles. The van der Waals surface area contributed by atoms with E-state index in [-0.39, 0.29) is 5.82 Å². The van der Waals surface area contributed by atoms with E-state index in [2.05, 4.69) is 0 Å². The Kier molecular flexibility index (Phi) is 4.18. The van der Waals surface area contributed by atoms with Gasteiger partial charge in [0.05, 0.1) is 5.92 Å². The molecule has 0 aliphatic heterocycles. The Bertz CT molecular complexity index is 635. The predicted molar refractivity (Wildman–Crippen MR) is 76.4 cm³/mol. The molecule has 0 saturated carbocycles. The summed E-state index contributed by atoms with van der Waals surface area (Å²) in [4.78, 5) is 11.6. The Hall–Kier alpha value is -2.16. The molecule has 0 spiro atoms. The number of carboxylic acids is 1. The summed E-state index contributed by atoms with van der Waals surface area (Å²) < 4.78 is 13.1. The highest BCUT2D eigenvalue weighted by atomic mass is 19.1. The van der Waals surface area contributed by atoms with Crippen molar-refractivity contribution in [3.63, 3.8) is 0 Å². The Morgan fingerprint density at radius 1 is 1.15 bits per heavy atom. The lowest BCUT2D eigenvalue weighted by atomic mass is 9.88. The molecular weight excluding hydrogens is 255 g/mol. The van der Waals surface area contributed by atoms with Gasteiger partial charge in [0.1, 0.15) is 5.82 Å².